The number of likely N-dealkylation sites (tertiary alicyclic amines) is 2. The van der Waals surface area contributed by atoms with Crippen LogP contribution in [0.1, 0.15) is 62.1 Å². The van der Waals surface area contributed by atoms with E-state index in [2.05, 4.69) is 16.0 Å². The summed E-state index contributed by atoms with van der Waals surface area (Å²) in [5, 5.41) is 10.0. The van der Waals surface area contributed by atoms with Crippen molar-refractivity contribution in [1.82, 2.24) is 25.3 Å². The minimum atomic E-state index is -0.713. The fourth-order valence-corrected chi connectivity index (χ4v) is 8.11. The quantitative estimate of drug-likeness (QED) is 0.319. The van der Waals surface area contributed by atoms with E-state index in [9.17, 15) is 14.4 Å². The summed E-state index contributed by atoms with van der Waals surface area (Å²) in [5.41, 5.74) is 10.5. The molecule has 4 aliphatic heterocycles. The topological polar surface area (TPSA) is 123 Å². The van der Waals surface area contributed by atoms with Crippen LogP contribution in [0.3, 0.4) is 0 Å². The number of rotatable bonds is 7. The van der Waals surface area contributed by atoms with Crippen molar-refractivity contribution in [1.29, 1.82) is 0 Å². The molecule has 3 saturated heterocycles. The number of nitrogens with zero attached hydrogens (tertiary/aromatic N) is 3. The van der Waals surface area contributed by atoms with Gasteiger partial charge in [-0.15, -0.1) is 0 Å². The largest absolute Gasteiger partial charge is 0.397 e. The number of benzene rings is 2. The normalized spacial score (nSPS) is 20.7. The van der Waals surface area contributed by atoms with Crippen LogP contribution in [0.5, 0.6) is 0 Å². The molecule has 3 fully saturated rings. The first kappa shape index (κ1) is 32.4. The number of urea groups is 2. The van der Waals surface area contributed by atoms with Crippen molar-refractivity contribution in [3.8, 4) is 0 Å². The molecule has 11 heteroatoms. The van der Waals surface area contributed by atoms with Crippen LogP contribution in [0.15, 0.2) is 36.4 Å². The molecular formula is C35H48ClN7O3. The van der Waals surface area contributed by atoms with Crippen LogP contribution in [-0.4, -0.2) is 84.0 Å². The standard InChI is InChI=1S/C35H48ClN7O3/c1-2-24-19-23(20-29(36)32(24)37)21-31(33(44)41-15-9-26(10-16-41)25-7-13-38-14-8-25)40-34(45)42-17-11-28(12-18-42)43-22-27-5-3-4-6-30(27)39-35(43)46/h3-6,19-20,25-26,28,31,38H,2,7-18,21-22,37H2,1H3,(H,39,46)(H,40,45)/t31-/m1/s1. The van der Waals surface area contributed by atoms with Crippen LogP contribution < -0.4 is 21.7 Å². The van der Waals surface area contributed by atoms with Crippen molar-refractivity contribution in [3.63, 3.8) is 0 Å². The molecule has 0 bridgehead atoms. The van der Waals surface area contributed by atoms with Gasteiger partial charge in [-0.1, -0.05) is 42.8 Å². The maximum atomic E-state index is 14.1. The van der Waals surface area contributed by atoms with Gasteiger partial charge in [-0.2, -0.15) is 0 Å². The summed E-state index contributed by atoms with van der Waals surface area (Å²) in [6.45, 7) is 7.21. The molecule has 0 aromatic heterocycles. The highest BCUT2D eigenvalue weighted by Gasteiger charge is 2.36. The second-order valence-corrected chi connectivity index (χ2v) is 13.8. The van der Waals surface area contributed by atoms with Gasteiger partial charge in [-0.05, 0) is 98.7 Å². The van der Waals surface area contributed by atoms with Gasteiger partial charge in [0.15, 0.2) is 0 Å². The number of fused-ring (bicyclic) bond motifs is 1. The van der Waals surface area contributed by atoms with Crippen LogP contribution in [0.4, 0.5) is 21.0 Å². The van der Waals surface area contributed by atoms with Crippen molar-refractivity contribution < 1.29 is 14.4 Å². The first-order valence-corrected chi connectivity index (χ1v) is 17.5. The zero-order valence-corrected chi connectivity index (χ0v) is 27.7. The third kappa shape index (κ3) is 7.23. The molecule has 5 N–H and O–H groups in total. The minimum absolute atomic E-state index is 0.0401. The van der Waals surface area contributed by atoms with Gasteiger partial charge in [0.25, 0.3) is 0 Å². The Labute approximate surface area is 277 Å². The predicted molar refractivity (Wildman–Crippen MR) is 182 cm³/mol. The molecule has 2 aromatic rings. The van der Waals surface area contributed by atoms with Crippen molar-refractivity contribution >= 4 is 40.9 Å². The first-order chi connectivity index (χ1) is 22.3. The van der Waals surface area contributed by atoms with Crippen LogP contribution in [0, 0.1) is 11.8 Å². The average molecular weight is 650 g/mol. The Balaban J connectivity index is 1.10. The lowest BCUT2D eigenvalue weighted by Crippen LogP contribution is -2.57. The van der Waals surface area contributed by atoms with Crippen molar-refractivity contribution in [3.05, 3.63) is 58.1 Å². The molecule has 0 saturated carbocycles. The minimum Gasteiger partial charge on any atom is -0.397 e. The number of carbonyl (C=O) groups excluding carboxylic acids is 3. The Morgan fingerprint density at radius 3 is 2.37 bits per heavy atom. The number of hydrogen-bond donors (Lipinski definition) is 4. The summed E-state index contributed by atoms with van der Waals surface area (Å²) in [7, 11) is 0. The number of piperidine rings is 3. The van der Waals surface area contributed by atoms with Crippen molar-refractivity contribution in [2.24, 2.45) is 11.8 Å². The fraction of sp³-hybridized carbons (Fsp3) is 0.571. The van der Waals surface area contributed by atoms with E-state index in [1.807, 2.05) is 53.1 Å². The molecule has 4 aliphatic rings. The molecule has 2 aromatic carbocycles. The van der Waals surface area contributed by atoms with Crippen molar-refractivity contribution in [2.75, 3.05) is 50.3 Å². The maximum absolute atomic E-state index is 14.1. The van der Waals surface area contributed by atoms with E-state index in [0.717, 1.165) is 73.7 Å². The predicted octanol–water partition coefficient (Wildman–Crippen LogP) is 4.86. The van der Waals surface area contributed by atoms with E-state index >= 15 is 0 Å². The lowest BCUT2D eigenvalue weighted by molar-refractivity contribution is -0.135. The SMILES string of the molecule is CCc1cc(C[C@@H](NC(=O)N2CCC(N3Cc4ccccc4NC3=O)CC2)C(=O)N2CCC(C3CCNCC3)CC2)cc(Cl)c1N. The summed E-state index contributed by atoms with van der Waals surface area (Å²) in [5.74, 6) is 1.34. The van der Waals surface area contributed by atoms with E-state index < -0.39 is 6.04 Å². The zero-order valence-electron chi connectivity index (χ0n) is 26.9. The molecule has 0 radical (unpaired) electrons. The third-order valence-electron chi connectivity index (χ3n) is 10.6. The molecule has 0 spiro atoms. The number of nitrogens with one attached hydrogen (secondary N) is 3. The highest BCUT2D eigenvalue weighted by Crippen LogP contribution is 2.32. The summed E-state index contributed by atoms with van der Waals surface area (Å²) >= 11 is 6.49. The Kier molecular flexibility index (Phi) is 10.2. The van der Waals surface area contributed by atoms with E-state index in [1.54, 1.807) is 4.90 Å². The zero-order chi connectivity index (χ0) is 32.2. The summed E-state index contributed by atoms with van der Waals surface area (Å²) in [6.07, 6.45) is 6.86. The van der Waals surface area contributed by atoms with E-state index in [1.165, 1.54) is 12.8 Å². The average Bonchev–Trinajstić information content (AvgIpc) is 3.09. The van der Waals surface area contributed by atoms with Gasteiger partial charge in [0, 0.05) is 50.9 Å². The third-order valence-corrected chi connectivity index (χ3v) is 11.0. The van der Waals surface area contributed by atoms with Crippen LogP contribution in [-0.2, 0) is 24.2 Å². The Bertz CT molecular complexity index is 1410. The molecular weight excluding hydrogens is 602 g/mol. The molecule has 0 aliphatic carbocycles. The van der Waals surface area contributed by atoms with Crippen LogP contribution >= 0.6 is 11.6 Å². The number of amides is 5. The summed E-state index contributed by atoms with van der Waals surface area (Å²) < 4.78 is 0. The maximum Gasteiger partial charge on any atom is 0.322 e. The Morgan fingerprint density at radius 2 is 1.65 bits per heavy atom. The Hall–Kier alpha value is -3.50. The van der Waals surface area contributed by atoms with Crippen LogP contribution in [0.2, 0.25) is 5.02 Å². The number of halogens is 1. The number of para-hydroxylation sites is 1. The molecule has 0 unspecified atom stereocenters. The number of hydrogen-bond acceptors (Lipinski definition) is 5. The molecule has 46 heavy (non-hydrogen) atoms. The molecule has 4 heterocycles. The Morgan fingerprint density at radius 1 is 0.978 bits per heavy atom. The second-order valence-electron chi connectivity index (χ2n) is 13.4. The summed E-state index contributed by atoms with van der Waals surface area (Å²) in [6, 6.07) is 10.7. The van der Waals surface area contributed by atoms with Gasteiger partial charge in [-0.25, -0.2) is 9.59 Å². The number of nitrogen functional groups attached to an aromatic ring is 1. The lowest BCUT2D eigenvalue weighted by atomic mass is 9.79. The van der Waals surface area contributed by atoms with Gasteiger partial charge in [0.1, 0.15) is 6.04 Å². The second kappa shape index (κ2) is 14.5. The lowest BCUT2D eigenvalue weighted by Gasteiger charge is -2.41. The summed E-state index contributed by atoms with van der Waals surface area (Å²) in [4.78, 5) is 46.3. The molecule has 6 rings (SSSR count). The van der Waals surface area contributed by atoms with Gasteiger partial charge in [-0.3, -0.25) is 4.79 Å². The number of anilines is 2. The smallest absolute Gasteiger partial charge is 0.322 e. The number of aryl methyl sites for hydroxylation is 1. The molecule has 10 nitrogen and oxygen atoms in total. The van der Waals surface area contributed by atoms with Gasteiger partial charge in [0.2, 0.25) is 5.91 Å². The van der Waals surface area contributed by atoms with Gasteiger partial charge < -0.3 is 36.4 Å². The molecule has 1 atom stereocenters. The van der Waals surface area contributed by atoms with E-state index in [-0.39, 0.29) is 24.0 Å². The monoisotopic (exact) mass is 649 g/mol. The first-order valence-electron chi connectivity index (χ1n) is 17.1. The number of carbonyl (C=O) groups is 3. The number of nitrogens with two attached hydrogens (primary N) is 1. The van der Waals surface area contributed by atoms with Gasteiger partial charge in [0.05, 0.1) is 10.7 Å². The van der Waals surface area contributed by atoms with Crippen LogP contribution in [0.25, 0.3) is 0 Å². The fourth-order valence-electron chi connectivity index (χ4n) is 7.85. The van der Waals surface area contributed by atoms with E-state index in [0.29, 0.717) is 55.5 Å². The highest BCUT2D eigenvalue weighted by atomic mass is 35.5. The molecule has 5 amide bonds. The van der Waals surface area contributed by atoms with Crippen molar-refractivity contribution in [2.45, 2.75) is 76.9 Å². The highest BCUT2D eigenvalue weighted by molar-refractivity contribution is 6.33. The van der Waals surface area contributed by atoms with Gasteiger partial charge >= 0.3 is 12.1 Å². The molecule has 248 valence electrons. The van der Waals surface area contributed by atoms with E-state index in [4.69, 9.17) is 17.3 Å².